The number of nitrogens with zero attached hydrogens (tertiary/aromatic N) is 1. The Morgan fingerprint density at radius 3 is 3.00 bits per heavy atom. The van der Waals surface area contributed by atoms with Crippen LogP contribution in [0.5, 0.6) is 5.75 Å². The summed E-state index contributed by atoms with van der Waals surface area (Å²) in [5.74, 6) is 0.825. The van der Waals surface area contributed by atoms with E-state index in [4.69, 9.17) is 4.74 Å². The lowest BCUT2D eigenvalue weighted by Gasteiger charge is -2.04. The quantitative estimate of drug-likeness (QED) is 0.512. The van der Waals surface area contributed by atoms with Crippen LogP contribution in [0.1, 0.15) is 0 Å². The molecular weight excluding hydrogens is 267 g/mol. The third-order valence-corrected chi connectivity index (χ3v) is 1.96. The molecule has 0 radical (unpaired) electrons. The summed E-state index contributed by atoms with van der Waals surface area (Å²) in [6.45, 7) is 1.53. The first kappa shape index (κ1) is 9.73. The van der Waals surface area contributed by atoms with Gasteiger partial charge < -0.3 is 10.1 Å². The Kier molecular flexibility index (Phi) is 4.31. The molecule has 0 amide bonds. The molecule has 0 saturated heterocycles. The number of hydrogen-bond donors (Lipinski definition) is 1. The van der Waals surface area contributed by atoms with Crippen LogP contribution < -0.4 is 10.1 Å². The molecule has 0 spiro atoms. The molecule has 1 aromatic heterocycles. The van der Waals surface area contributed by atoms with E-state index in [1.54, 1.807) is 6.20 Å². The van der Waals surface area contributed by atoms with Crippen LogP contribution in [0.2, 0.25) is 0 Å². The van der Waals surface area contributed by atoms with Gasteiger partial charge in [-0.2, -0.15) is 0 Å². The van der Waals surface area contributed by atoms with Crippen LogP contribution in [0.3, 0.4) is 0 Å². The van der Waals surface area contributed by atoms with E-state index in [-0.39, 0.29) is 0 Å². The summed E-state index contributed by atoms with van der Waals surface area (Å²) in [6, 6.07) is 3.85. The second kappa shape index (κ2) is 5.31. The molecule has 1 N–H and O–H groups in total. The zero-order valence-corrected chi connectivity index (χ0v) is 9.04. The largest absolute Gasteiger partial charge is 0.491 e. The Bertz CT molecular complexity index is 225. The van der Waals surface area contributed by atoms with Crippen molar-refractivity contribution in [2.75, 3.05) is 20.2 Å². The van der Waals surface area contributed by atoms with Crippen molar-refractivity contribution in [1.29, 1.82) is 0 Å². The Morgan fingerprint density at radius 1 is 1.58 bits per heavy atom. The molecule has 1 aromatic rings. The molecule has 0 saturated carbocycles. The second-order valence-electron chi connectivity index (χ2n) is 2.27. The lowest BCUT2D eigenvalue weighted by Crippen LogP contribution is -2.15. The summed E-state index contributed by atoms with van der Waals surface area (Å²) in [5.41, 5.74) is 0. The maximum absolute atomic E-state index is 5.37. The average Bonchev–Trinajstić information content (AvgIpc) is 2.09. The molecule has 4 heteroatoms. The van der Waals surface area contributed by atoms with Gasteiger partial charge in [-0.3, -0.25) is 0 Å². The van der Waals surface area contributed by atoms with Crippen molar-refractivity contribution in [2.24, 2.45) is 0 Å². The van der Waals surface area contributed by atoms with Gasteiger partial charge in [0.25, 0.3) is 0 Å². The van der Waals surface area contributed by atoms with Crippen molar-refractivity contribution >= 4 is 22.6 Å². The van der Waals surface area contributed by atoms with Crippen molar-refractivity contribution in [3.8, 4) is 5.75 Å². The Morgan fingerprint density at radius 2 is 2.42 bits per heavy atom. The molecule has 0 unspecified atom stereocenters. The van der Waals surface area contributed by atoms with Crippen LogP contribution in [0.15, 0.2) is 18.3 Å². The van der Waals surface area contributed by atoms with Gasteiger partial charge in [-0.25, -0.2) is 4.98 Å². The SMILES string of the molecule is CNCCOc1ccc(I)nc1. The Balaban J connectivity index is 2.37. The summed E-state index contributed by atoms with van der Waals surface area (Å²) in [4.78, 5) is 4.10. The highest BCUT2D eigenvalue weighted by molar-refractivity contribution is 14.1. The van der Waals surface area contributed by atoms with Crippen LogP contribution in [-0.2, 0) is 0 Å². The summed E-state index contributed by atoms with van der Waals surface area (Å²) in [6.07, 6.45) is 1.73. The number of nitrogens with one attached hydrogen (secondary N) is 1. The van der Waals surface area contributed by atoms with Gasteiger partial charge in [-0.15, -0.1) is 0 Å². The first-order chi connectivity index (χ1) is 5.83. The molecule has 0 aliphatic heterocycles. The lowest BCUT2D eigenvalue weighted by atomic mass is 10.5. The predicted molar refractivity (Wildman–Crippen MR) is 56.4 cm³/mol. The van der Waals surface area contributed by atoms with Gasteiger partial charge in [0.15, 0.2) is 0 Å². The molecule has 0 atom stereocenters. The van der Waals surface area contributed by atoms with Gasteiger partial charge in [-0.05, 0) is 41.8 Å². The van der Waals surface area contributed by atoms with Crippen molar-refractivity contribution in [3.05, 3.63) is 22.0 Å². The summed E-state index contributed by atoms with van der Waals surface area (Å²) in [5, 5.41) is 3.00. The Hall–Kier alpha value is -0.360. The molecule has 12 heavy (non-hydrogen) atoms. The molecule has 66 valence electrons. The normalized spacial score (nSPS) is 9.83. The summed E-state index contributed by atoms with van der Waals surface area (Å²) < 4.78 is 6.35. The number of likely N-dealkylation sites (N-methyl/N-ethyl adjacent to an activating group) is 1. The van der Waals surface area contributed by atoms with E-state index in [1.807, 2.05) is 19.2 Å². The highest BCUT2D eigenvalue weighted by Gasteiger charge is 1.92. The molecule has 0 bridgehead atoms. The zero-order chi connectivity index (χ0) is 8.81. The van der Waals surface area contributed by atoms with E-state index in [9.17, 15) is 0 Å². The van der Waals surface area contributed by atoms with Crippen LogP contribution in [0, 0.1) is 3.70 Å². The Labute approximate surface area is 85.7 Å². The number of hydrogen-bond acceptors (Lipinski definition) is 3. The van der Waals surface area contributed by atoms with Crippen LogP contribution in [0.4, 0.5) is 0 Å². The first-order valence-electron chi connectivity index (χ1n) is 3.72. The molecule has 0 aliphatic rings. The highest BCUT2D eigenvalue weighted by atomic mass is 127. The molecule has 3 nitrogen and oxygen atoms in total. The van der Waals surface area contributed by atoms with Crippen molar-refractivity contribution < 1.29 is 4.74 Å². The van der Waals surface area contributed by atoms with Gasteiger partial charge in [0.05, 0.1) is 6.20 Å². The fourth-order valence-corrected chi connectivity index (χ4v) is 1.04. The van der Waals surface area contributed by atoms with Crippen LogP contribution >= 0.6 is 22.6 Å². The number of halogens is 1. The zero-order valence-electron chi connectivity index (χ0n) is 6.88. The summed E-state index contributed by atoms with van der Waals surface area (Å²) >= 11 is 2.16. The van der Waals surface area contributed by atoms with Crippen LogP contribution in [-0.4, -0.2) is 25.2 Å². The average molecular weight is 278 g/mol. The smallest absolute Gasteiger partial charge is 0.137 e. The number of rotatable bonds is 4. The second-order valence-corrected chi connectivity index (χ2v) is 3.37. The third kappa shape index (κ3) is 3.36. The fraction of sp³-hybridized carbons (Fsp3) is 0.375. The van der Waals surface area contributed by atoms with E-state index in [0.717, 1.165) is 16.0 Å². The molecular formula is C8H11IN2O. The number of aromatic nitrogens is 1. The van der Waals surface area contributed by atoms with Crippen molar-refractivity contribution in [3.63, 3.8) is 0 Å². The number of pyridine rings is 1. The van der Waals surface area contributed by atoms with E-state index >= 15 is 0 Å². The van der Waals surface area contributed by atoms with Crippen molar-refractivity contribution in [1.82, 2.24) is 10.3 Å². The monoisotopic (exact) mass is 278 g/mol. The minimum absolute atomic E-state index is 0.679. The standard InChI is InChI=1S/C8H11IN2O/c1-10-4-5-12-7-2-3-8(9)11-6-7/h2-3,6,10H,4-5H2,1H3. The molecule has 0 aliphatic carbocycles. The first-order valence-corrected chi connectivity index (χ1v) is 4.80. The van der Waals surface area contributed by atoms with Crippen LogP contribution in [0.25, 0.3) is 0 Å². The van der Waals surface area contributed by atoms with Crippen molar-refractivity contribution in [2.45, 2.75) is 0 Å². The molecule has 1 heterocycles. The minimum atomic E-state index is 0.679. The minimum Gasteiger partial charge on any atom is -0.491 e. The van der Waals surface area contributed by atoms with E-state index < -0.39 is 0 Å². The fourth-order valence-electron chi connectivity index (χ4n) is 0.719. The highest BCUT2D eigenvalue weighted by Crippen LogP contribution is 2.09. The third-order valence-electron chi connectivity index (χ3n) is 1.32. The summed E-state index contributed by atoms with van der Waals surface area (Å²) in [7, 11) is 1.90. The van der Waals surface area contributed by atoms with E-state index in [2.05, 4.69) is 32.9 Å². The van der Waals surface area contributed by atoms with Gasteiger partial charge in [0.2, 0.25) is 0 Å². The van der Waals surface area contributed by atoms with Gasteiger partial charge in [-0.1, -0.05) is 0 Å². The number of ether oxygens (including phenoxy) is 1. The molecule has 0 aromatic carbocycles. The van der Waals surface area contributed by atoms with Gasteiger partial charge in [0, 0.05) is 6.54 Å². The lowest BCUT2D eigenvalue weighted by molar-refractivity contribution is 0.317. The molecule has 0 fully saturated rings. The van der Waals surface area contributed by atoms with E-state index in [1.165, 1.54) is 0 Å². The van der Waals surface area contributed by atoms with E-state index in [0.29, 0.717) is 6.61 Å². The van der Waals surface area contributed by atoms with Gasteiger partial charge >= 0.3 is 0 Å². The maximum Gasteiger partial charge on any atom is 0.137 e. The molecule has 1 rings (SSSR count). The predicted octanol–water partition coefficient (Wildman–Crippen LogP) is 1.28. The van der Waals surface area contributed by atoms with Gasteiger partial charge in [0.1, 0.15) is 16.1 Å². The topological polar surface area (TPSA) is 34.1 Å². The maximum atomic E-state index is 5.37.